The lowest BCUT2D eigenvalue weighted by atomic mass is 10.1. The zero-order valence-electron chi connectivity index (χ0n) is 9.62. The summed E-state index contributed by atoms with van der Waals surface area (Å²) >= 11 is 0. The fourth-order valence-corrected chi connectivity index (χ4v) is 2.22. The van der Waals surface area contributed by atoms with E-state index in [-0.39, 0.29) is 5.91 Å². The van der Waals surface area contributed by atoms with Gasteiger partial charge >= 0.3 is 0 Å². The molecule has 1 aliphatic carbocycles. The monoisotopic (exact) mass is 218 g/mol. The highest BCUT2D eigenvalue weighted by Gasteiger charge is 2.15. The first kappa shape index (κ1) is 11.0. The largest absolute Gasteiger partial charge is 0.382 e. The third-order valence-corrected chi connectivity index (χ3v) is 3.24. The second-order valence-corrected chi connectivity index (χ2v) is 4.52. The van der Waals surface area contributed by atoms with Gasteiger partial charge in [-0.2, -0.15) is 0 Å². The molecular formula is C13H18N2O. The van der Waals surface area contributed by atoms with Gasteiger partial charge in [0.15, 0.2) is 0 Å². The van der Waals surface area contributed by atoms with E-state index >= 15 is 0 Å². The minimum absolute atomic E-state index is 0.366. The molecule has 1 aliphatic rings. The van der Waals surface area contributed by atoms with Gasteiger partial charge in [0.1, 0.15) is 0 Å². The van der Waals surface area contributed by atoms with Crippen LogP contribution in [0.3, 0.4) is 0 Å². The van der Waals surface area contributed by atoms with Crippen molar-refractivity contribution in [3.8, 4) is 0 Å². The maximum Gasteiger partial charge on any atom is 0.248 e. The molecule has 3 heteroatoms. The number of anilines is 1. The molecule has 0 bridgehead atoms. The summed E-state index contributed by atoms with van der Waals surface area (Å²) in [6.45, 7) is 2.04. The van der Waals surface area contributed by atoms with E-state index in [9.17, 15) is 4.79 Å². The standard InChI is InChI=1S/C13H18N2O/c1-9-6-7-10(13(14)16)8-12(9)15-11-4-2-3-5-11/h6-8,11,15H,2-5H2,1H3,(H2,14,16). The normalized spacial score (nSPS) is 16.3. The first-order valence-corrected chi connectivity index (χ1v) is 5.84. The van der Waals surface area contributed by atoms with Crippen LogP contribution in [0, 0.1) is 6.92 Å². The molecule has 1 aromatic carbocycles. The van der Waals surface area contributed by atoms with Gasteiger partial charge in [-0.15, -0.1) is 0 Å². The van der Waals surface area contributed by atoms with Crippen LogP contribution in [0.2, 0.25) is 0 Å². The lowest BCUT2D eigenvalue weighted by molar-refractivity contribution is 0.100. The quantitative estimate of drug-likeness (QED) is 0.818. The van der Waals surface area contributed by atoms with Crippen LogP contribution >= 0.6 is 0 Å². The number of hydrogen-bond acceptors (Lipinski definition) is 2. The summed E-state index contributed by atoms with van der Waals surface area (Å²) in [5.41, 5.74) is 8.06. The number of benzene rings is 1. The molecule has 2 rings (SSSR count). The number of rotatable bonds is 3. The molecule has 3 N–H and O–H groups in total. The van der Waals surface area contributed by atoms with E-state index in [0.717, 1.165) is 11.3 Å². The first-order valence-electron chi connectivity index (χ1n) is 5.84. The number of carbonyl (C=O) groups excluding carboxylic acids is 1. The molecule has 0 heterocycles. The van der Waals surface area contributed by atoms with Gasteiger partial charge in [0.05, 0.1) is 0 Å². The SMILES string of the molecule is Cc1ccc(C(N)=O)cc1NC1CCCC1. The topological polar surface area (TPSA) is 55.1 Å². The number of amides is 1. The summed E-state index contributed by atoms with van der Waals surface area (Å²) in [5, 5.41) is 3.50. The van der Waals surface area contributed by atoms with Crippen molar-refractivity contribution in [2.75, 3.05) is 5.32 Å². The minimum atomic E-state index is -0.366. The molecule has 1 fully saturated rings. The molecule has 0 aromatic heterocycles. The van der Waals surface area contributed by atoms with Crippen LogP contribution in [0.25, 0.3) is 0 Å². The van der Waals surface area contributed by atoms with Gasteiger partial charge in [0.25, 0.3) is 0 Å². The molecule has 0 radical (unpaired) electrons. The number of nitrogens with one attached hydrogen (secondary N) is 1. The zero-order valence-corrected chi connectivity index (χ0v) is 9.62. The maximum atomic E-state index is 11.1. The second-order valence-electron chi connectivity index (χ2n) is 4.52. The number of primary amides is 1. The van der Waals surface area contributed by atoms with Gasteiger partial charge in [-0.05, 0) is 37.5 Å². The van der Waals surface area contributed by atoms with Crippen LogP contribution in [0.5, 0.6) is 0 Å². The Morgan fingerprint density at radius 2 is 2.06 bits per heavy atom. The van der Waals surface area contributed by atoms with Crippen LogP contribution in [0.15, 0.2) is 18.2 Å². The molecule has 1 amide bonds. The van der Waals surface area contributed by atoms with Gasteiger partial charge in [0.2, 0.25) is 5.91 Å². The predicted octanol–water partition coefficient (Wildman–Crippen LogP) is 2.45. The van der Waals surface area contributed by atoms with Crippen molar-refractivity contribution in [3.05, 3.63) is 29.3 Å². The molecule has 0 atom stereocenters. The molecule has 3 nitrogen and oxygen atoms in total. The van der Waals surface area contributed by atoms with Crippen LogP contribution in [-0.2, 0) is 0 Å². The van der Waals surface area contributed by atoms with E-state index in [0.29, 0.717) is 11.6 Å². The van der Waals surface area contributed by atoms with E-state index in [1.165, 1.54) is 25.7 Å². The van der Waals surface area contributed by atoms with Gasteiger partial charge in [-0.3, -0.25) is 4.79 Å². The molecule has 16 heavy (non-hydrogen) atoms. The number of hydrogen-bond donors (Lipinski definition) is 2. The van der Waals surface area contributed by atoms with Crippen LogP contribution in [0.1, 0.15) is 41.6 Å². The highest BCUT2D eigenvalue weighted by atomic mass is 16.1. The van der Waals surface area contributed by atoms with E-state index in [4.69, 9.17) is 5.73 Å². The maximum absolute atomic E-state index is 11.1. The Labute approximate surface area is 96.0 Å². The summed E-state index contributed by atoms with van der Waals surface area (Å²) < 4.78 is 0. The molecule has 1 saturated carbocycles. The Morgan fingerprint density at radius 1 is 1.38 bits per heavy atom. The summed E-state index contributed by atoms with van der Waals surface area (Å²) in [7, 11) is 0. The molecule has 86 valence electrons. The Balaban J connectivity index is 2.17. The summed E-state index contributed by atoms with van der Waals surface area (Å²) in [6.07, 6.45) is 5.04. The van der Waals surface area contributed by atoms with Crippen LogP contribution in [0.4, 0.5) is 5.69 Å². The second kappa shape index (κ2) is 4.56. The van der Waals surface area contributed by atoms with Crippen molar-refractivity contribution >= 4 is 11.6 Å². The average molecular weight is 218 g/mol. The Hall–Kier alpha value is -1.51. The Kier molecular flexibility index (Phi) is 3.13. The summed E-state index contributed by atoms with van der Waals surface area (Å²) in [6, 6.07) is 6.13. The van der Waals surface area contributed by atoms with E-state index in [1.807, 2.05) is 19.1 Å². The fraction of sp³-hybridized carbons (Fsp3) is 0.462. The van der Waals surface area contributed by atoms with Gasteiger partial charge < -0.3 is 11.1 Å². The van der Waals surface area contributed by atoms with Crippen LogP contribution in [-0.4, -0.2) is 11.9 Å². The van der Waals surface area contributed by atoms with E-state index < -0.39 is 0 Å². The lowest BCUT2D eigenvalue weighted by Gasteiger charge is -2.16. The average Bonchev–Trinajstić information content (AvgIpc) is 2.73. The summed E-state index contributed by atoms with van der Waals surface area (Å²) in [5.74, 6) is -0.366. The van der Waals surface area contributed by atoms with Gasteiger partial charge in [-0.1, -0.05) is 18.9 Å². The third-order valence-electron chi connectivity index (χ3n) is 3.24. The van der Waals surface area contributed by atoms with Crippen molar-refractivity contribution in [2.45, 2.75) is 38.6 Å². The Morgan fingerprint density at radius 3 is 2.69 bits per heavy atom. The van der Waals surface area contributed by atoms with Crippen molar-refractivity contribution in [1.82, 2.24) is 0 Å². The first-order chi connectivity index (χ1) is 7.66. The highest BCUT2D eigenvalue weighted by molar-refractivity contribution is 5.94. The van der Waals surface area contributed by atoms with Crippen molar-refractivity contribution in [3.63, 3.8) is 0 Å². The zero-order chi connectivity index (χ0) is 11.5. The smallest absolute Gasteiger partial charge is 0.248 e. The van der Waals surface area contributed by atoms with Crippen molar-refractivity contribution in [2.24, 2.45) is 5.73 Å². The van der Waals surface area contributed by atoms with E-state index in [1.54, 1.807) is 6.07 Å². The molecule has 1 aromatic rings. The predicted molar refractivity (Wildman–Crippen MR) is 65.6 cm³/mol. The molecule has 0 aliphatic heterocycles. The van der Waals surface area contributed by atoms with Crippen molar-refractivity contribution in [1.29, 1.82) is 0 Å². The lowest BCUT2D eigenvalue weighted by Crippen LogP contribution is -2.17. The van der Waals surface area contributed by atoms with Crippen LogP contribution < -0.4 is 11.1 Å². The number of aryl methyl sites for hydroxylation is 1. The van der Waals surface area contributed by atoms with Crippen molar-refractivity contribution < 1.29 is 4.79 Å². The molecule has 0 spiro atoms. The van der Waals surface area contributed by atoms with E-state index in [2.05, 4.69) is 5.32 Å². The molecule has 0 unspecified atom stereocenters. The number of nitrogens with two attached hydrogens (primary N) is 1. The fourth-order valence-electron chi connectivity index (χ4n) is 2.22. The highest BCUT2D eigenvalue weighted by Crippen LogP contribution is 2.24. The number of carbonyl (C=O) groups is 1. The molecule has 0 saturated heterocycles. The van der Waals surface area contributed by atoms with Gasteiger partial charge in [-0.25, -0.2) is 0 Å². The summed E-state index contributed by atoms with van der Waals surface area (Å²) in [4.78, 5) is 11.1. The Bertz CT molecular complexity index is 395. The molecular weight excluding hydrogens is 200 g/mol. The third kappa shape index (κ3) is 2.35. The van der Waals surface area contributed by atoms with Gasteiger partial charge in [0, 0.05) is 17.3 Å². The minimum Gasteiger partial charge on any atom is -0.382 e.